The highest BCUT2D eigenvalue weighted by molar-refractivity contribution is 7.09. The molecule has 6 heteroatoms. The molecule has 1 atom stereocenters. The Bertz CT molecular complexity index is 614. The monoisotopic (exact) mass is 334 g/mol. The fourth-order valence-corrected chi connectivity index (χ4v) is 2.92. The number of hydrogen-bond acceptors (Lipinski definition) is 5. The van der Waals surface area contributed by atoms with Crippen LogP contribution in [0.3, 0.4) is 0 Å². The van der Waals surface area contributed by atoms with Gasteiger partial charge < -0.3 is 14.8 Å². The standard InChI is InChI=1S/C17H22N2O3S/c1-12(2)10-13(17-18-8-9-23-17)19-16(20)11-22-15-7-5-4-6-14(15)21-3/h4-9,12-13H,10-11H2,1-3H3,(H,19,20). The molecule has 1 amide bonds. The molecule has 5 nitrogen and oxygen atoms in total. The SMILES string of the molecule is COc1ccccc1OCC(=O)NC(CC(C)C)c1nccs1. The summed E-state index contributed by atoms with van der Waals surface area (Å²) in [6.07, 6.45) is 2.60. The van der Waals surface area contributed by atoms with Crippen LogP contribution < -0.4 is 14.8 Å². The van der Waals surface area contributed by atoms with Crippen LogP contribution in [0.1, 0.15) is 31.3 Å². The maximum Gasteiger partial charge on any atom is 0.258 e. The van der Waals surface area contributed by atoms with Crippen LogP contribution in [-0.4, -0.2) is 24.6 Å². The zero-order chi connectivity index (χ0) is 16.7. The molecule has 0 fully saturated rings. The number of carbonyl (C=O) groups is 1. The van der Waals surface area contributed by atoms with Crippen LogP contribution in [0.15, 0.2) is 35.8 Å². The summed E-state index contributed by atoms with van der Waals surface area (Å²) in [5.74, 6) is 1.45. The quantitative estimate of drug-likeness (QED) is 0.803. The van der Waals surface area contributed by atoms with Gasteiger partial charge in [0.1, 0.15) is 5.01 Å². The van der Waals surface area contributed by atoms with Crippen molar-refractivity contribution in [3.8, 4) is 11.5 Å². The number of carbonyl (C=O) groups excluding carboxylic acids is 1. The van der Waals surface area contributed by atoms with Crippen LogP contribution in [0.2, 0.25) is 0 Å². The third-order valence-electron chi connectivity index (χ3n) is 3.22. The molecule has 0 spiro atoms. The number of aromatic nitrogens is 1. The van der Waals surface area contributed by atoms with E-state index >= 15 is 0 Å². The van der Waals surface area contributed by atoms with Crippen molar-refractivity contribution in [2.24, 2.45) is 5.92 Å². The van der Waals surface area contributed by atoms with E-state index in [0.717, 1.165) is 11.4 Å². The number of ether oxygens (including phenoxy) is 2. The first-order chi connectivity index (χ1) is 11.1. The van der Waals surface area contributed by atoms with Crippen LogP contribution in [0, 0.1) is 5.92 Å². The lowest BCUT2D eigenvalue weighted by atomic mass is 10.0. The molecule has 23 heavy (non-hydrogen) atoms. The Labute approximate surface area is 140 Å². The first-order valence-electron chi connectivity index (χ1n) is 7.54. The summed E-state index contributed by atoms with van der Waals surface area (Å²) in [5.41, 5.74) is 0. The summed E-state index contributed by atoms with van der Waals surface area (Å²) in [6.45, 7) is 4.19. The van der Waals surface area contributed by atoms with Gasteiger partial charge in [0, 0.05) is 11.6 Å². The Hall–Kier alpha value is -2.08. The maximum absolute atomic E-state index is 12.2. The third kappa shape index (κ3) is 5.25. The van der Waals surface area contributed by atoms with Crippen LogP contribution in [0.4, 0.5) is 0 Å². The van der Waals surface area contributed by atoms with E-state index in [9.17, 15) is 4.79 Å². The van der Waals surface area contributed by atoms with Crippen molar-refractivity contribution in [3.63, 3.8) is 0 Å². The maximum atomic E-state index is 12.2. The minimum absolute atomic E-state index is 0.0552. The molecule has 0 aliphatic carbocycles. The van der Waals surface area contributed by atoms with Gasteiger partial charge in [0.2, 0.25) is 0 Å². The topological polar surface area (TPSA) is 60.5 Å². The molecule has 0 radical (unpaired) electrons. The van der Waals surface area contributed by atoms with Crippen molar-refractivity contribution in [1.29, 1.82) is 0 Å². The fraction of sp³-hybridized carbons (Fsp3) is 0.412. The Balaban J connectivity index is 1.94. The van der Waals surface area contributed by atoms with E-state index < -0.39 is 0 Å². The molecule has 1 heterocycles. The fourth-order valence-electron chi connectivity index (χ4n) is 2.22. The predicted octanol–water partition coefficient (Wildman–Crippen LogP) is 3.43. The summed E-state index contributed by atoms with van der Waals surface area (Å²) in [6, 6.07) is 7.19. The normalized spacial score (nSPS) is 12.0. The van der Waals surface area contributed by atoms with Crippen molar-refractivity contribution < 1.29 is 14.3 Å². The van der Waals surface area contributed by atoms with Gasteiger partial charge in [-0.05, 0) is 24.5 Å². The van der Waals surface area contributed by atoms with Gasteiger partial charge >= 0.3 is 0 Å². The second kappa shape index (κ2) is 8.53. The van der Waals surface area contributed by atoms with Gasteiger partial charge in [-0.15, -0.1) is 11.3 Å². The van der Waals surface area contributed by atoms with Crippen LogP contribution in [0.25, 0.3) is 0 Å². The number of amides is 1. The molecule has 124 valence electrons. The van der Waals surface area contributed by atoms with Gasteiger partial charge in [0.25, 0.3) is 5.91 Å². The minimum Gasteiger partial charge on any atom is -0.493 e. The third-order valence-corrected chi connectivity index (χ3v) is 4.11. The second-order valence-corrected chi connectivity index (χ2v) is 6.49. The largest absolute Gasteiger partial charge is 0.493 e. The Kier molecular flexibility index (Phi) is 6.40. The Morgan fingerprint density at radius 1 is 1.30 bits per heavy atom. The summed E-state index contributed by atoms with van der Waals surface area (Å²) >= 11 is 1.55. The number of methoxy groups -OCH3 is 1. The van der Waals surface area contributed by atoms with E-state index in [4.69, 9.17) is 9.47 Å². The van der Waals surface area contributed by atoms with Gasteiger partial charge in [-0.1, -0.05) is 26.0 Å². The Morgan fingerprint density at radius 3 is 2.65 bits per heavy atom. The lowest BCUT2D eigenvalue weighted by molar-refractivity contribution is -0.124. The highest BCUT2D eigenvalue weighted by Gasteiger charge is 2.19. The molecule has 0 saturated carbocycles. The zero-order valence-electron chi connectivity index (χ0n) is 13.6. The molecule has 1 aromatic carbocycles. The Morgan fingerprint density at radius 2 is 2.04 bits per heavy atom. The predicted molar refractivity (Wildman–Crippen MR) is 90.9 cm³/mol. The molecule has 2 aromatic rings. The molecular weight excluding hydrogens is 312 g/mol. The van der Waals surface area contributed by atoms with Gasteiger partial charge in [0.05, 0.1) is 13.2 Å². The lowest BCUT2D eigenvalue weighted by Crippen LogP contribution is -2.33. The van der Waals surface area contributed by atoms with E-state index in [1.165, 1.54) is 0 Å². The number of rotatable bonds is 8. The first kappa shape index (κ1) is 17.3. The second-order valence-electron chi connectivity index (χ2n) is 5.56. The molecular formula is C17H22N2O3S. The average molecular weight is 334 g/mol. The molecule has 0 aliphatic heterocycles. The van der Waals surface area contributed by atoms with E-state index in [-0.39, 0.29) is 18.6 Å². The number of benzene rings is 1. The number of thiazole rings is 1. The zero-order valence-corrected chi connectivity index (χ0v) is 14.4. The summed E-state index contributed by atoms with van der Waals surface area (Å²) in [7, 11) is 1.57. The van der Waals surface area contributed by atoms with Gasteiger partial charge in [-0.3, -0.25) is 4.79 Å². The number of nitrogens with one attached hydrogen (secondary N) is 1. The molecule has 2 rings (SSSR count). The van der Waals surface area contributed by atoms with Crippen LogP contribution in [0.5, 0.6) is 11.5 Å². The highest BCUT2D eigenvalue weighted by Crippen LogP contribution is 2.26. The number of hydrogen-bond donors (Lipinski definition) is 1. The van der Waals surface area contributed by atoms with Gasteiger partial charge in [-0.2, -0.15) is 0 Å². The molecule has 1 N–H and O–H groups in total. The summed E-state index contributed by atoms with van der Waals surface area (Å²) in [4.78, 5) is 16.5. The van der Waals surface area contributed by atoms with E-state index in [0.29, 0.717) is 17.4 Å². The van der Waals surface area contributed by atoms with E-state index in [1.807, 2.05) is 17.5 Å². The van der Waals surface area contributed by atoms with Crippen LogP contribution in [-0.2, 0) is 4.79 Å². The average Bonchev–Trinajstić information content (AvgIpc) is 3.06. The van der Waals surface area contributed by atoms with Crippen molar-refractivity contribution in [3.05, 3.63) is 40.8 Å². The molecule has 1 unspecified atom stereocenters. The molecule has 0 bridgehead atoms. The van der Waals surface area contributed by atoms with Crippen molar-refractivity contribution in [1.82, 2.24) is 10.3 Å². The van der Waals surface area contributed by atoms with Gasteiger partial charge in [0.15, 0.2) is 18.1 Å². The summed E-state index contributed by atoms with van der Waals surface area (Å²) in [5, 5.41) is 5.84. The molecule has 0 aliphatic rings. The van der Waals surface area contributed by atoms with Crippen molar-refractivity contribution in [2.45, 2.75) is 26.3 Å². The lowest BCUT2D eigenvalue weighted by Gasteiger charge is -2.19. The van der Waals surface area contributed by atoms with Crippen molar-refractivity contribution in [2.75, 3.05) is 13.7 Å². The number of nitrogens with zero attached hydrogens (tertiary/aromatic N) is 1. The molecule has 0 saturated heterocycles. The molecule has 1 aromatic heterocycles. The smallest absolute Gasteiger partial charge is 0.258 e. The summed E-state index contributed by atoms with van der Waals surface area (Å²) < 4.78 is 10.8. The first-order valence-corrected chi connectivity index (χ1v) is 8.42. The highest BCUT2D eigenvalue weighted by atomic mass is 32.1. The van der Waals surface area contributed by atoms with Crippen molar-refractivity contribution >= 4 is 17.2 Å². The minimum atomic E-state index is -0.170. The number of para-hydroxylation sites is 2. The van der Waals surface area contributed by atoms with E-state index in [1.54, 1.807) is 36.8 Å². The van der Waals surface area contributed by atoms with E-state index in [2.05, 4.69) is 24.1 Å². The van der Waals surface area contributed by atoms with Crippen LogP contribution >= 0.6 is 11.3 Å². The van der Waals surface area contributed by atoms with Gasteiger partial charge in [-0.25, -0.2) is 4.98 Å².